The van der Waals surface area contributed by atoms with E-state index in [1.807, 2.05) is 27.7 Å². The average Bonchev–Trinajstić information content (AvgIpc) is 2.75. The van der Waals surface area contributed by atoms with Gasteiger partial charge in [0.2, 0.25) is 5.91 Å². The third kappa shape index (κ3) is 3.95. The molecule has 0 aromatic heterocycles. The number of carbonyl (C=O) groups is 1. The van der Waals surface area contributed by atoms with Crippen molar-refractivity contribution in [3.63, 3.8) is 0 Å². The summed E-state index contributed by atoms with van der Waals surface area (Å²) in [6, 6.07) is 0. The molecule has 0 saturated carbocycles. The van der Waals surface area contributed by atoms with Crippen molar-refractivity contribution >= 4 is 5.91 Å². The van der Waals surface area contributed by atoms with Crippen LogP contribution in [0.4, 0.5) is 0 Å². The third-order valence-electron chi connectivity index (χ3n) is 4.31. The second-order valence-corrected chi connectivity index (χ2v) is 6.50. The van der Waals surface area contributed by atoms with E-state index >= 15 is 0 Å². The highest BCUT2D eigenvalue weighted by molar-refractivity contribution is 5.83. The van der Waals surface area contributed by atoms with Gasteiger partial charge in [0, 0.05) is 12.1 Å². The Morgan fingerprint density at radius 1 is 1.22 bits per heavy atom. The molecule has 0 spiro atoms. The molecule has 0 aromatic carbocycles. The summed E-state index contributed by atoms with van der Waals surface area (Å²) in [7, 11) is 0. The average molecular weight is 255 g/mol. The quantitative estimate of drug-likeness (QED) is 0.704. The van der Waals surface area contributed by atoms with Crippen LogP contribution < -0.4 is 11.1 Å². The lowest BCUT2D eigenvalue weighted by Crippen LogP contribution is -2.55. The molecule has 1 saturated heterocycles. The largest absolute Gasteiger partial charge is 0.356 e. The van der Waals surface area contributed by atoms with E-state index in [1.54, 1.807) is 0 Å². The first-order valence-electron chi connectivity index (χ1n) is 7.05. The van der Waals surface area contributed by atoms with Gasteiger partial charge < -0.3 is 16.0 Å². The van der Waals surface area contributed by atoms with Crippen LogP contribution in [0, 0.1) is 5.41 Å². The van der Waals surface area contributed by atoms with E-state index in [4.69, 9.17) is 5.73 Å². The van der Waals surface area contributed by atoms with Crippen molar-refractivity contribution < 1.29 is 4.79 Å². The first-order valence-corrected chi connectivity index (χ1v) is 7.05. The van der Waals surface area contributed by atoms with Crippen LogP contribution in [-0.4, -0.2) is 42.5 Å². The van der Waals surface area contributed by atoms with Gasteiger partial charge >= 0.3 is 0 Å². The highest BCUT2D eigenvalue weighted by atomic mass is 16.2. The number of rotatable bonds is 6. The third-order valence-corrected chi connectivity index (χ3v) is 4.31. The van der Waals surface area contributed by atoms with Crippen molar-refractivity contribution in [1.82, 2.24) is 10.2 Å². The number of nitrogens with zero attached hydrogens (tertiary/aromatic N) is 1. The van der Waals surface area contributed by atoms with Crippen LogP contribution in [-0.2, 0) is 4.79 Å². The molecule has 1 amide bonds. The second-order valence-electron chi connectivity index (χ2n) is 6.50. The van der Waals surface area contributed by atoms with E-state index in [-0.39, 0.29) is 5.91 Å². The lowest BCUT2D eigenvalue weighted by atomic mass is 9.74. The number of hydrogen-bond acceptors (Lipinski definition) is 3. The minimum atomic E-state index is -0.541. The Hall–Kier alpha value is -0.610. The van der Waals surface area contributed by atoms with E-state index in [2.05, 4.69) is 10.2 Å². The van der Waals surface area contributed by atoms with Crippen LogP contribution in [0.5, 0.6) is 0 Å². The number of carbonyl (C=O) groups excluding carboxylic acids is 1. The lowest BCUT2D eigenvalue weighted by Gasteiger charge is -2.36. The SMILES string of the molecule is CC(C)(N)C(C)(C)C(=O)NCCCN1CCCC1. The summed E-state index contributed by atoms with van der Waals surface area (Å²) in [6.45, 7) is 11.9. The molecule has 4 heteroatoms. The molecule has 0 aliphatic carbocycles. The van der Waals surface area contributed by atoms with Gasteiger partial charge in [0.05, 0.1) is 5.41 Å². The fourth-order valence-electron chi connectivity index (χ4n) is 2.02. The Kier molecular flexibility index (Phi) is 5.17. The van der Waals surface area contributed by atoms with Gasteiger partial charge in [-0.25, -0.2) is 0 Å². The smallest absolute Gasteiger partial charge is 0.227 e. The van der Waals surface area contributed by atoms with E-state index < -0.39 is 11.0 Å². The Morgan fingerprint density at radius 3 is 2.28 bits per heavy atom. The summed E-state index contributed by atoms with van der Waals surface area (Å²) in [5, 5.41) is 3.01. The molecule has 0 bridgehead atoms. The van der Waals surface area contributed by atoms with Gasteiger partial charge in [-0.05, 0) is 66.6 Å². The van der Waals surface area contributed by atoms with Crippen LogP contribution in [0.25, 0.3) is 0 Å². The van der Waals surface area contributed by atoms with Crippen LogP contribution >= 0.6 is 0 Å². The van der Waals surface area contributed by atoms with Crippen LogP contribution in [0.3, 0.4) is 0 Å². The molecule has 1 heterocycles. The van der Waals surface area contributed by atoms with Crippen molar-refractivity contribution in [2.75, 3.05) is 26.2 Å². The second kappa shape index (κ2) is 6.02. The van der Waals surface area contributed by atoms with Gasteiger partial charge in [0.1, 0.15) is 0 Å². The molecular weight excluding hydrogens is 226 g/mol. The summed E-state index contributed by atoms with van der Waals surface area (Å²) in [5.41, 5.74) is 5.00. The molecule has 0 radical (unpaired) electrons. The monoisotopic (exact) mass is 255 g/mol. The van der Waals surface area contributed by atoms with Crippen molar-refractivity contribution in [2.24, 2.45) is 11.1 Å². The molecule has 1 aliphatic rings. The minimum absolute atomic E-state index is 0.0522. The highest BCUT2D eigenvalue weighted by Gasteiger charge is 2.40. The highest BCUT2D eigenvalue weighted by Crippen LogP contribution is 2.28. The maximum Gasteiger partial charge on any atom is 0.227 e. The first kappa shape index (κ1) is 15.4. The zero-order chi connectivity index (χ0) is 13.8. The van der Waals surface area contributed by atoms with Gasteiger partial charge in [-0.1, -0.05) is 0 Å². The summed E-state index contributed by atoms with van der Waals surface area (Å²) < 4.78 is 0. The molecule has 106 valence electrons. The molecule has 1 rings (SSSR count). The van der Waals surface area contributed by atoms with Crippen LogP contribution in [0.1, 0.15) is 47.0 Å². The number of nitrogens with two attached hydrogens (primary N) is 1. The van der Waals surface area contributed by atoms with Crippen molar-refractivity contribution in [3.05, 3.63) is 0 Å². The zero-order valence-corrected chi connectivity index (χ0v) is 12.4. The fourth-order valence-corrected chi connectivity index (χ4v) is 2.02. The molecule has 0 unspecified atom stereocenters. The number of hydrogen-bond donors (Lipinski definition) is 2. The van der Waals surface area contributed by atoms with Crippen LogP contribution in [0.2, 0.25) is 0 Å². The van der Waals surface area contributed by atoms with Gasteiger partial charge in [-0.2, -0.15) is 0 Å². The lowest BCUT2D eigenvalue weighted by molar-refractivity contribution is -0.132. The Balaban J connectivity index is 2.24. The number of nitrogens with one attached hydrogen (secondary N) is 1. The summed E-state index contributed by atoms with van der Waals surface area (Å²) in [6.07, 6.45) is 3.66. The first-order chi connectivity index (χ1) is 8.25. The molecule has 18 heavy (non-hydrogen) atoms. The van der Waals surface area contributed by atoms with Crippen molar-refractivity contribution in [3.8, 4) is 0 Å². The number of amides is 1. The summed E-state index contributed by atoms with van der Waals surface area (Å²) in [4.78, 5) is 14.6. The normalized spacial score (nSPS) is 18.1. The summed E-state index contributed by atoms with van der Waals surface area (Å²) in [5.74, 6) is 0.0522. The van der Waals surface area contributed by atoms with E-state index in [9.17, 15) is 4.79 Å². The Labute approximate surface area is 111 Å². The van der Waals surface area contributed by atoms with Crippen molar-refractivity contribution in [1.29, 1.82) is 0 Å². The maximum absolute atomic E-state index is 12.1. The van der Waals surface area contributed by atoms with Gasteiger partial charge in [0.25, 0.3) is 0 Å². The molecule has 1 aliphatic heterocycles. The van der Waals surface area contributed by atoms with E-state index in [0.717, 1.165) is 19.5 Å². The molecule has 1 fully saturated rings. The predicted octanol–water partition coefficient (Wildman–Crippen LogP) is 1.35. The minimum Gasteiger partial charge on any atom is -0.356 e. The van der Waals surface area contributed by atoms with Gasteiger partial charge in [-0.15, -0.1) is 0 Å². The molecular formula is C14H29N3O. The summed E-state index contributed by atoms with van der Waals surface area (Å²) >= 11 is 0. The predicted molar refractivity (Wildman–Crippen MR) is 75.3 cm³/mol. The van der Waals surface area contributed by atoms with Crippen LogP contribution in [0.15, 0.2) is 0 Å². The topological polar surface area (TPSA) is 58.4 Å². The Bertz CT molecular complexity index is 275. The number of likely N-dealkylation sites (tertiary alicyclic amines) is 1. The molecule has 0 aromatic rings. The van der Waals surface area contributed by atoms with Gasteiger partial charge in [0.15, 0.2) is 0 Å². The maximum atomic E-state index is 12.1. The Morgan fingerprint density at radius 2 is 1.78 bits per heavy atom. The standard InChI is InChI=1S/C14H29N3O/c1-13(2,14(3,4)15)12(18)16-8-7-11-17-9-5-6-10-17/h5-11,15H2,1-4H3,(H,16,18). The van der Waals surface area contributed by atoms with E-state index in [0.29, 0.717) is 0 Å². The molecule has 3 N–H and O–H groups in total. The van der Waals surface area contributed by atoms with E-state index in [1.165, 1.54) is 25.9 Å². The zero-order valence-electron chi connectivity index (χ0n) is 12.4. The molecule has 4 nitrogen and oxygen atoms in total. The fraction of sp³-hybridized carbons (Fsp3) is 0.929. The van der Waals surface area contributed by atoms with Crippen molar-refractivity contribution in [2.45, 2.75) is 52.5 Å². The van der Waals surface area contributed by atoms with Gasteiger partial charge in [-0.3, -0.25) is 4.79 Å². The molecule has 0 atom stereocenters.